The maximum atomic E-state index is 11.7. The third-order valence-electron chi connectivity index (χ3n) is 3.08. The van der Waals surface area contributed by atoms with Gasteiger partial charge in [0.05, 0.1) is 6.04 Å². The molecule has 0 saturated heterocycles. The summed E-state index contributed by atoms with van der Waals surface area (Å²) in [5, 5.41) is 2.83. The van der Waals surface area contributed by atoms with Gasteiger partial charge >= 0.3 is 0 Å². The summed E-state index contributed by atoms with van der Waals surface area (Å²) in [6.45, 7) is 5.83. The van der Waals surface area contributed by atoms with Crippen molar-refractivity contribution in [1.29, 1.82) is 0 Å². The van der Waals surface area contributed by atoms with E-state index in [0.29, 0.717) is 13.1 Å². The van der Waals surface area contributed by atoms with Crippen LogP contribution in [0.5, 0.6) is 0 Å². The van der Waals surface area contributed by atoms with E-state index in [1.165, 1.54) is 5.56 Å². The summed E-state index contributed by atoms with van der Waals surface area (Å²) in [6.07, 6.45) is 0. The van der Waals surface area contributed by atoms with Crippen LogP contribution < -0.4 is 11.1 Å². The molecule has 4 nitrogen and oxygen atoms in total. The van der Waals surface area contributed by atoms with Gasteiger partial charge in [-0.1, -0.05) is 24.3 Å². The average Bonchev–Trinajstić information content (AvgIpc) is 2.39. The number of nitrogens with zero attached hydrogens (tertiary/aromatic N) is 1. The Balaban J connectivity index is 2.57. The van der Waals surface area contributed by atoms with Crippen LogP contribution in [-0.4, -0.2) is 30.4 Å². The highest BCUT2D eigenvalue weighted by atomic mass is 16.2. The van der Waals surface area contributed by atoms with Gasteiger partial charge in [0.1, 0.15) is 0 Å². The molecule has 0 saturated carbocycles. The highest BCUT2D eigenvalue weighted by molar-refractivity contribution is 5.81. The molecule has 0 radical (unpaired) electrons. The molecule has 0 aliphatic heterocycles. The quantitative estimate of drug-likeness (QED) is 0.794. The number of hydrogen-bond acceptors (Lipinski definition) is 3. The van der Waals surface area contributed by atoms with E-state index in [0.717, 1.165) is 12.1 Å². The SMILES string of the molecule is CCNC(=O)C(C)N(C)Cc1ccc(CN)cc1. The van der Waals surface area contributed by atoms with Gasteiger partial charge < -0.3 is 11.1 Å². The van der Waals surface area contributed by atoms with Crippen molar-refractivity contribution >= 4 is 5.91 Å². The van der Waals surface area contributed by atoms with E-state index in [4.69, 9.17) is 5.73 Å². The number of nitrogens with one attached hydrogen (secondary N) is 1. The molecule has 1 atom stereocenters. The maximum absolute atomic E-state index is 11.7. The zero-order chi connectivity index (χ0) is 13.5. The second-order valence-electron chi connectivity index (χ2n) is 4.51. The molecule has 0 bridgehead atoms. The van der Waals surface area contributed by atoms with Crippen molar-refractivity contribution in [1.82, 2.24) is 10.2 Å². The molecule has 0 fully saturated rings. The molecule has 1 aromatic rings. The lowest BCUT2D eigenvalue weighted by Crippen LogP contribution is -2.42. The molecule has 0 heterocycles. The standard InChI is InChI=1S/C14H23N3O/c1-4-16-14(18)11(2)17(3)10-13-7-5-12(9-15)6-8-13/h5-8,11H,4,9-10,15H2,1-3H3,(H,16,18). The minimum atomic E-state index is -0.126. The molecule has 1 aromatic carbocycles. The molecular formula is C14H23N3O. The Morgan fingerprint density at radius 2 is 1.89 bits per heavy atom. The molecular weight excluding hydrogens is 226 g/mol. The highest BCUT2D eigenvalue weighted by Gasteiger charge is 2.16. The van der Waals surface area contributed by atoms with E-state index in [2.05, 4.69) is 17.4 Å². The number of benzene rings is 1. The predicted molar refractivity (Wildman–Crippen MR) is 73.9 cm³/mol. The third kappa shape index (κ3) is 4.13. The van der Waals surface area contributed by atoms with Crippen molar-refractivity contribution in [3.05, 3.63) is 35.4 Å². The molecule has 1 rings (SSSR count). The molecule has 0 spiro atoms. The van der Waals surface area contributed by atoms with Crippen LogP contribution >= 0.6 is 0 Å². The Morgan fingerprint density at radius 1 is 1.33 bits per heavy atom. The molecule has 4 heteroatoms. The largest absolute Gasteiger partial charge is 0.355 e. The zero-order valence-electron chi connectivity index (χ0n) is 11.4. The van der Waals surface area contributed by atoms with Gasteiger partial charge in [0, 0.05) is 19.6 Å². The summed E-state index contributed by atoms with van der Waals surface area (Å²) >= 11 is 0. The van der Waals surface area contributed by atoms with Gasteiger partial charge in [-0.15, -0.1) is 0 Å². The lowest BCUT2D eigenvalue weighted by atomic mass is 10.1. The molecule has 1 amide bonds. The summed E-state index contributed by atoms with van der Waals surface area (Å²) < 4.78 is 0. The van der Waals surface area contributed by atoms with Crippen LogP contribution in [0.4, 0.5) is 0 Å². The number of nitrogens with two attached hydrogens (primary N) is 1. The summed E-state index contributed by atoms with van der Waals surface area (Å²) in [7, 11) is 1.96. The Hall–Kier alpha value is -1.39. The molecule has 18 heavy (non-hydrogen) atoms. The minimum Gasteiger partial charge on any atom is -0.355 e. The smallest absolute Gasteiger partial charge is 0.237 e. The molecule has 0 aliphatic carbocycles. The fraction of sp³-hybridized carbons (Fsp3) is 0.500. The van der Waals surface area contributed by atoms with Crippen LogP contribution in [0.2, 0.25) is 0 Å². The van der Waals surface area contributed by atoms with E-state index in [9.17, 15) is 4.79 Å². The van der Waals surface area contributed by atoms with Crippen LogP contribution in [0.1, 0.15) is 25.0 Å². The number of rotatable bonds is 6. The van der Waals surface area contributed by atoms with E-state index in [-0.39, 0.29) is 11.9 Å². The predicted octanol–water partition coefficient (Wildman–Crippen LogP) is 1.10. The highest BCUT2D eigenvalue weighted by Crippen LogP contribution is 2.08. The zero-order valence-corrected chi connectivity index (χ0v) is 11.4. The fourth-order valence-corrected chi connectivity index (χ4v) is 1.73. The molecule has 1 unspecified atom stereocenters. The molecule has 0 aromatic heterocycles. The van der Waals surface area contributed by atoms with Crippen LogP contribution in [0.25, 0.3) is 0 Å². The maximum Gasteiger partial charge on any atom is 0.237 e. The lowest BCUT2D eigenvalue weighted by molar-refractivity contribution is -0.125. The van der Waals surface area contributed by atoms with Crippen molar-refractivity contribution in [2.45, 2.75) is 33.0 Å². The lowest BCUT2D eigenvalue weighted by Gasteiger charge is -2.23. The number of hydrogen-bond donors (Lipinski definition) is 2. The monoisotopic (exact) mass is 249 g/mol. The van der Waals surface area contributed by atoms with Crippen molar-refractivity contribution in [3.63, 3.8) is 0 Å². The number of carbonyl (C=O) groups excluding carboxylic acids is 1. The Kier molecular flexibility index (Phi) is 5.82. The second-order valence-corrected chi connectivity index (χ2v) is 4.51. The van der Waals surface area contributed by atoms with Crippen molar-refractivity contribution < 1.29 is 4.79 Å². The van der Waals surface area contributed by atoms with Crippen LogP contribution in [0, 0.1) is 0 Å². The first-order valence-electron chi connectivity index (χ1n) is 6.34. The average molecular weight is 249 g/mol. The van der Waals surface area contributed by atoms with Crippen molar-refractivity contribution in [3.8, 4) is 0 Å². The van der Waals surface area contributed by atoms with Gasteiger partial charge in [0.2, 0.25) is 5.91 Å². The van der Waals surface area contributed by atoms with Gasteiger partial charge in [-0.25, -0.2) is 0 Å². The normalized spacial score (nSPS) is 12.5. The van der Waals surface area contributed by atoms with Gasteiger partial charge in [0.15, 0.2) is 0 Å². The molecule has 3 N–H and O–H groups in total. The van der Waals surface area contributed by atoms with Gasteiger partial charge in [-0.05, 0) is 32.0 Å². The van der Waals surface area contributed by atoms with Gasteiger partial charge in [-0.2, -0.15) is 0 Å². The van der Waals surface area contributed by atoms with E-state index >= 15 is 0 Å². The van der Waals surface area contributed by atoms with Crippen molar-refractivity contribution in [2.24, 2.45) is 5.73 Å². The first-order chi connectivity index (χ1) is 8.58. The minimum absolute atomic E-state index is 0.0681. The molecule has 100 valence electrons. The molecule has 0 aliphatic rings. The first-order valence-corrected chi connectivity index (χ1v) is 6.34. The number of carbonyl (C=O) groups is 1. The van der Waals surface area contributed by atoms with Crippen LogP contribution in [0.15, 0.2) is 24.3 Å². The van der Waals surface area contributed by atoms with Crippen LogP contribution in [-0.2, 0) is 17.9 Å². The van der Waals surface area contributed by atoms with Crippen molar-refractivity contribution in [2.75, 3.05) is 13.6 Å². The summed E-state index contributed by atoms with van der Waals surface area (Å²) in [6, 6.07) is 8.05. The van der Waals surface area contributed by atoms with E-state index in [1.54, 1.807) is 0 Å². The summed E-state index contributed by atoms with van der Waals surface area (Å²) in [5.74, 6) is 0.0681. The van der Waals surface area contributed by atoms with Gasteiger partial charge in [0.25, 0.3) is 0 Å². The number of likely N-dealkylation sites (N-methyl/N-ethyl adjacent to an activating group) is 2. The fourth-order valence-electron chi connectivity index (χ4n) is 1.73. The van der Waals surface area contributed by atoms with E-state index < -0.39 is 0 Å². The van der Waals surface area contributed by atoms with E-state index in [1.807, 2.05) is 37.9 Å². The van der Waals surface area contributed by atoms with Gasteiger partial charge in [-0.3, -0.25) is 9.69 Å². The second kappa shape index (κ2) is 7.13. The van der Waals surface area contributed by atoms with Crippen LogP contribution in [0.3, 0.4) is 0 Å². The summed E-state index contributed by atoms with van der Waals surface area (Å²) in [5.41, 5.74) is 7.87. The first kappa shape index (κ1) is 14.7. The Bertz CT molecular complexity index is 375. The Labute approximate surface area is 109 Å². The Morgan fingerprint density at radius 3 is 2.39 bits per heavy atom. The number of amides is 1. The summed E-state index contributed by atoms with van der Waals surface area (Å²) in [4.78, 5) is 13.7. The topological polar surface area (TPSA) is 58.4 Å². The third-order valence-corrected chi connectivity index (χ3v) is 3.08.